The first-order chi connectivity index (χ1) is 11.5. The summed E-state index contributed by atoms with van der Waals surface area (Å²) in [5, 5.41) is 6.16. The van der Waals surface area contributed by atoms with E-state index in [0.717, 1.165) is 15.6 Å². The van der Waals surface area contributed by atoms with Crippen LogP contribution in [-0.4, -0.2) is 20.3 Å². The number of amides is 2. The monoisotopic (exact) mass is 412 g/mol. The molecule has 0 spiro atoms. The zero-order chi connectivity index (χ0) is 17.5. The molecule has 2 rings (SSSR count). The van der Waals surface area contributed by atoms with E-state index in [0.29, 0.717) is 29.6 Å². The Morgan fingerprint density at radius 1 is 1.04 bits per heavy atom. The Balaban J connectivity index is 1.89. The minimum Gasteiger partial charge on any atom is -0.497 e. The van der Waals surface area contributed by atoms with Gasteiger partial charge in [0.15, 0.2) is 0 Å². The Bertz CT molecular complexity index is 725. The van der Waals surface area contributed by atoms with Crippen molar-refractivity contribution in [3.05, 3.63) is 57.0 Å². The topological polar surface area (TPSA) is 59.6 Å². The summed E-state index contributed by atoms with van der Waals surface area (Å²) in [5.41, 5.74) is 1.70. The van der Waals surface area contributed by atoms with Crippen molar-refractivity contribution in [3.63, 3.8) is 0 Å². The third-order valence-electron chi connectivity index (χ3n) is 3.39. The molecular formula is C17H18BrClN2O3. The van der Waals surface area contributed by atoms with Gasteiger partial charge in [0.2, 0.25) is 0 Å². The fourth-order valence-electron chi connectivity index (χ4n) is 2.08. The van der Waals surface area contributed by atoms with Gasteiger partial charge in [-0.1, -0.05) is 33.6 Å². The molecule has 0 bridgehead atoms. The van der Waals surface area contributed by atoms with Crippen LogP contribution in [0.3, 0.4) is 0 Å². The van der Waals surface area contributed by atoms with Crippen molar-refractivity contribution >= 4 is 33.6 Å². The molecule has 0 aliphatic heterocycles. The number of benzene rings is 2. The van der Waals surface area contributed by atoms with Crippen LogP contribution in [0.4, 0.5) is 4.79 Å². The Kier molecular flexibility index (Phi) is 6.75. The van der Waals surface area contributed by atoms with E-state index in [1.54, 1.807) is 26.4 Å². The van der Waals surface area contributed by atoms with Gasteiger partial charge >= 0.3 is 6.03 Å². The van der Waals surface area contributed by atoms with Crippen LogP contribution in [-0.2, 0) is 13.1 Å². The van der Waals surface area contributed by atoms with E-state index in [9.17, 15) is 4.79 Å². The van der Waals surface area contributed by atoms with Crippen molar-refractivity contribution in [1.29, 1.82) is 0 Å². The smallest absolute Gasteiger partial charge is 0.315 e. The van der Waals surface area contributed by atoms with Crippen molar-refractivity contribution in [1.82, 2.24) is 10.6 Å². The van der Waals surface area contributed by atoms with Gasteiger partial charge in [0, 0.05) is 34.2 Å². The number of halogens is 2. The van der Waals surface area contributed by atoms with E-state index < -0.39 is 0 Å². The van der Waals surface area contributed by atoms with Gasteiger partial charge in [0.05, 0.1) is 14.2 Å². The minimum absolute atomic E-state index is 0.285. The summed E-state index contributed by atoms with van der Waals surface area (Å²) < 4.78 is 11.3. The molecule has 0 heterocycles. The highest BCUT2D eigenvalue weighted by atomic mass is 79.9. The fourth-order valence-corrected chi connectivity index (χ4v) is 2.82. The normalized spacial score (nSPS) is 10.2. The molecule has 0 aliphatic carbocycles. The number of nitrogens with one attached hydrogen (secondary N) is 2. The van der Waals surface area contributed by atoms with Gasteiger partial charge < -0.3 is 20.1 Å². The largest absolute Gasteiger partial charge is 0.497 e. The van der Waals surface area contributed by atoms with Gasteiger partial charge in [-0.3, -0.25) is 0 Å². The van der Waals surface area contributed by atoms with Gasteiger partial charge in [-0.2, -0.15) is 0 Å². The molecule has 2 amide bonds. The van der Waals surface area contributed by atoms with Crippen molar-refractivity contribution in [2.45, 2.75) is 13.1 Å². The molecule has 0 aliphatic rings. The molecule has 0 radical (unpaired) electrons. The summed E-state index contributed by atoms with van der Waals surface area (Å²) in [4.78, 5) is 12.0. The predicted octanol–water partition coefficient (Wildman–Crippen LogP) is 4.12. The van der Waals surface area contributed by atoms with E-state index in [1.807, 2.05) is 24.3 Å². The predicted molar refractivity (Wildman–Crippen MR) is 97.8 cm³/mol. The van der Waals surface area contributed by atoms with E-state index >= 15 is 0 Å². The van der Waals surface area contributed by atoms with Gasteiger partial charge in [0.25, 0.3) is 0 Å². The molecule has 2 N–H and O–H groups in total. The van der Waals surface area contributed by atoms with Gasteiger partial charge in [-0.25, -0.2) is 4.79 Å². The lowest BCUT2D eigenvalue weighted by molar-refractivity contribution is 0.240. The van der Waals surface area contributed by atoms with E-state index in [1.165, 1.54) is 0 Å². The summed E-state index contributed by atoms with van der Waals surface area (Å²) in [5.74, 6) is 1.36. The summed E-state index contributed by atoms with van der Waals surface area (Å²) in [6.45, 7) is 0.685. The first-order valence-electron chi connectivity index (χ1n) is 7.20. The molecular weight excluding hydrogens is 396 g/mol. The van der Waals surface area contributed by atoms with Crippen LogP contribution in [0.25, 0.3) is 0 Å². The zero-order valence-electron chi connectivity index (χ0n) is 13.4. The molecule has 0 fully saturated rings. The number of ether oxygens (including phenoxy) is 2. The standard InChI is InChI=1S/C17H18BrClN2O3/c1-23-14-6-4-12(16(8-14)24-2)10-21-17(22)20-9-11-3-5-13(18)7-15(11)19/h3-8H,9-10H2,1-2H3,(H2,20,21,22). The average molecular weight is 414 g/mol. The third-order valence-corrected chi connectivity index (χ3v) is 4.23. The van der Waals surface area contributed by atoms with Crippen LogP contribution < -0.4 is 20.1 Å². The first kappa shape index (κ1) is 18.4. The summed E-state index contributed by atoms with van der Waals surface area (Å²) in [7, 11) is 3.17. The lowest BCUT2D eigenvalue weighted by atomic mass is 10.2. The quantitative estimate of drug-likeness (QED) is 0.749. The highest BCUT2D eigenvalue weighted by Crippen LogP contribution is 2.24. The van der Waals surface area contributed by atoms with Gasteiger partial charge in [-0.15, -0.1) is 0 Å². The van der Waals surface area contributed by atoms with E-state index in [-0.39, 0.29) is 6.03 Å². The van der Waals surface area contributed by atoms with E-state index in [4.69, 9.17) is 21.1 Å². The third kappa shape index (κ3) is 5.04. The Hall–Kier alpha value is -1.92. The second-order valence-electron chi connectivity index (χ2n) is 4.95. The lowest BCUT2D eigenvalue weighted by Crippen LogP contribution is -2.34. The van der Waals surface area contributed by atoms with Crippen molar-refractivity contribution < 1.29 is 14.3 Å². The highest BCUT2D eigenvalue weighted by molar-refractivity contribution is 9.10. The molecule has 0 atom stereocenters. The molecule has 2 aromatic rings. The lowest BCUT2D eigenvalue weighted by Gasteiger charge is -2.12. The Morgan fingerprint density at radius 2 is 1.71 bits per heavy atom. The number of methoxy groups -OCH3 is 2. The van der Waals surface area contributed by atoms with Crippen LogP contribution in [0.2, 0.25) is 5.02 Å². The molecule has 24 heavy (non-hydrogen) atoms. The molecule has 0 saturated heterocycles. The maximum atomic E-state index is 12.0. The summed E-state index contributed by atoms with van der Waals surface area (Å²) in [6, 6.07) is 10.7. The van der Waals surface area contributed by atoms with Crippen molar-refractivity contribution in [2.75, 3.05) is 14.2 Å². The van der Waals surface area contributed by atoms with Crippen molar-refractivity contribution in [3.8, 4) is 11.5 Å². The molecule has 0 saturated carbocycles. The van der Waals surface area contributed by atoms with Crippen LogP contribution in [0, 0.1) is 0 Å². The highest BCUT2D eigenvalue weighted by Gasteiger charge is 2.08. The maximum Gasteiger partial charge on any atom is 0.315 e. The van der Waals surface area contributed by atoms with E-state index in [2.05, 4.69) is 26.6 Å². The SMILES string of the molecule is COc1ccc(CNC(=O)NCc2ccc(Br)cc2Cl)c(OC)c1. The Labute approximate surface area is 154 Å². The molecule has 128 valence electrons. The number of carbonyl (C=O) groups excluding carboxylic acids is 1. The van der Waals surface area contributed by atoms with Crippen molar-refractivity contribution in [2.24, 2.45) is 0 Å². The van der Waals surface area contributed by atoms with Crippen LogP contribution >= 0.6 is 27.5 Å². The van der Waals surface area contributed by atoms with Gasteiger partial charge in [0.1, 0.15) is 11.5 Å². The molecule has 7 heteroatoms. The van der Waals surface area contributed by atoms with Crippen LogP contribution in [0.5, 0.6) is 11.5 Å². The molecule has 0 unspecified atom stereocenters. The fraction of sp³-hybridized carbons (Fsp3) is 0.235. The number of hydrogen-bond donors (Lipinski definition) is 2. The summed E-state index contributed by atoms with van der Waals surface area (Å²) >= 11 is 9.47. The van der Waals surface area contributed by atoms with Crippen LogP contribution in [0.15, 0.2) is 40.9 Å². The summed E-state index contributed by atoms with van der Waals surface area (Å²) in [6.07, 6.45) is 0. The minimum atomic E-state index is -0.285. The number of carbonyl (C=O) groups is 1. The Morgan fingerprint density at radius 3 is 2.33 bits per heavy atom. The number of urea groups is 1. The molecule has 2 aromatic carbocycles. The van der Waals surface area contributed by atoms with Crippen LogP contribution in [0.1, 0.15) is 11.1 Å². The number of rotatable bonds is 6. The second-order valence-corrected chi connectivity index (χ2v) is 6.27. The molecule has 5 nitrogen and oxygen atoms in total. The molecule has 0 aromatic heterocycles. The second kappa shape index (κ2) is 8.80. The maximum absolute atomic E-state index is 12.0. The number of hydrogen-bond acceptors (Lipinski definition) is 3. The average Bonchev–Trinajstić information content (AvgIpc) is 2.59. The zero-order valence-corrected chi connectivity index (χ0v) is 15.7. The first-order valence-corrected chi connectivity index (χ1v) is 8.37. The van der Waals surface area contributed by atoms with Gasteiger partial charge in [-0.05, 0) is 29.8 Å².